The third kappa shape index (κ3) is 4.38. The van der Waals surface area contributed by atoms with Crippen molar-refractivity contribution in [1.29, 1.82) is 0 Å². The van der Waals surface area contributed by atoms with E-state index in [0.717, 1.165) is 15.4 Å². The summed E-state index contributed by atoms with van der Waals surface area (Å²) in [5, 5.41) is 2.78. The van der Waals surface area contributed by atoms with Gasteiger partial charge in [0.1, 0.15) is 0 Å². The van der Waals surface area contributed by atoms with Crippen molar-refractivity contribution in [3.63, 3.8) is 0 Å². The highest BCUT2D eigenvalue weighted by atomic mass is 32.2. The molecule has 0 radical (unpaired) electrons. The Hall–Kier alpha value is -2.97. The number of sulfonamides is 1. The molecule has 7 nitrogen and oxygen atoms in total. The molecule has 0 saturated heterocycles. The van der Waals surface area contributed by atoms with Crippen LogP contribution in [0.5, 0.6) is 0 Å². The van der Waals surface area contributed by atoms with Gasteiger partial charge in [-0.25, -0.2) is 12.7 Å². The maximum Gasteiger partial charge on any atom is 0.242 e. The zero-order valence-electron chi connectivity index (χ0n) is 16.5. The first-order chi connectivity index (χ1) is 13.7. The number of carbonyl (C=O) groups excluding carboxylic acids is 2. The fraction of sp³-hybridized carbons (Fsp3) is 0.238. The predicted octanol–water partition coefficient (Wildman–Crippen LogP) is 2.84. The minimum absolute atomic E-state index is 0.0820. The summed E-state index contributed by atoms with van der Waals surface area (Å²) < 4.78 is 25.4. The molecule has 1 aliphatic heterocycles. The quantitative estimate of drug-likeness (QED) is 0.817. The van der Waals surface area contributed by atoms with E-state index in [4.69, 9.17) is 0 Å². The van der Waals surface area contributed by atoms with Gasteiger partial charge >= 0.3 is 0 Å². The predicted molar refractivity (Wildman–Crippen MR) is 111 cm³/mol. The molecule has 2 amide bonds. The maximum absolute atomic E-state index is 12.6. The van der Waals surface area contributed by atoms with E-state index in [1.807, 2.05) is 30.3 Å². The van der Waals surface area contributed by atoms with Gasteiger partial charge in [-0.15, -0.1) is 0 Å². The highest BCUT2D eigenvalue weighted by Gasteiger charge is 2.28. The largest absolute Gasteiger partial charge is 0.326 e. The van der Waals surface area contributed by atoms with Crippen molar-refractivity contribution in [3.8, 4) is 0 Å². The van der Waals surface area contributed by atoms with E-state index in [2.05, 4.69) is 5.32 Å². The molecule has 8 heteroatoms. The average molecular weight is 413 g/mol. The minimum Gasteiger partial charge on any atom is -0.326 e. The summed E-state index contributed by atoms with van der Waals surface area (Å²) in [6, 6.07) is 13.2. The molecule has 0 spiro atoms. The van der Waals surface area contributed by atoms with E-state index in [9.17, 15) is 18.0 Å². The Bertz CT molecular complexity index is 1060. The molecule has 1 aliphatic rings. The number of anilines is 1. The van der Waals surface area contributed by atoms with Crippen molar-refractivity contribution in [1.82, 2.24) is 9.21 Å². The van der Waals surface area contributed by atoms with Crippen LogP contribution in [0.1, 0.15) is 30.5 Å². The molecule has 2 aromatic rings. The summed E-state index contributed by atoms with van der Waals surface area (Å²) in [6.45, 7) is 1.47. The number of nitrogens with zero attached hydrogens (tertiary/aromatic N) is 2. The zero-order valence-corrected chi connectivity index (χ0v) is 17.3. The van der Waals surface area contributed by atoms with Crippen molar-refractivity contribution >= 4 is 33.6 Å². The molecule has 1 N–H and O–H groups in total. The van der Waals surface area contributed by atoms with E-state index in [-0.39, 0.29) is 23.1 Å². The summed E-state index contributed by atoms with van der Waals surface area (Å²) in [5.74, 6) is -0.415. The molecule has 0 aliphatic carbocycles. The molecule has 1 atom stereocenters. The zero-order chi connectivity index (χ0) is 21.2. The Morgan fingerprint density at radius 1 is 1.07 bits per heavy atom. The lowest BCUT2D eigenvalue weighted by molar-refractivity contribution is -0.129. The molecule has 0 unspecified atom stereocenters. The van der Waals surface area contributed by atoms with Gasteiger partial charge < -0.3 is 10.2 Å². The third-order valence-corrected chi connectivity index (χ3v) is 6.59. The Morgan fingerprint density at radius 3 is 2.34 bits per heavy atom. The second-order valence-corrected chi connectivity index (χ2v) is 9.10. The van der Waals surface area contributed by atoms with Gasteiger partial charge in [-0.1, -0.05) is 24.3 Å². The first-order valence-electron chi connectivity index (χ1n) is 9.08. The Morgan fingerprint density at radius 2 is 1.72 bits per heavy atom. The summed E-state index contributed by atoms with van der Waals surface area (Å²) in [5.41, 5.74) is 2.37. The summed E-state index contributed by atoms with van der Waals surface area (Å²) in [4.78, 5) is 26.4. The fourth-order valence-electron chi connectivity index (χ4n) is 3.22. The average Bonchev–Trinajstić information content (AvgIpc) is 2.68. The lowest BCUT2D eigenvalue weighted by atomic mass is 9.93. The van der Waals surface area contributed by atoms with Gasteiger partial charge in [0.25, 0.3) is 0 Å². The molecule has 152 valence electrons. The van der Waals surface area contributed by atoms with Gasteiger partial charge in [0, 0.05) is 32.9 Å². The number of carbonyl (C=O) groups is 2. The second-order valence-electron chi connectivity index (χ2n) is 6.95. The Balaban J connectivity index is 1.76. The monoisotopic (exact) mass is 413 g/mol. The SMILES string of the molecule is CC(=O)N1C=Cc2ccccc2[C@@H]1CC(=O)Nc1ccc(S(=O)(=O)N(C)C)cc1. The van der Waals surface area contributed by atoms with Crippen molar-refractivity contribution in [2.24, 2.45) is 0 Å². The lowest BCUT2D eigenvalue weighted by Crippen LogP contribution is -2.33. The first-order valence-corrected chi connectivity index (χ1v) is 10.5. The molecule has 2 aromatic carbocycles. The first kappa shape index (κ1) is 20.8. The molecule has 0 aromatic heterocycles. The van der Waals surface area contributed by atoms with Crippen molar-refractivity contribution in [2.45, 2.75) is 24.3 Å². The molecule has 0 saturated carbocycles. The van der Waals surface area contributed by atoms with E-state index >= 15 is 0 Å². The Kier molecular flexibility index (Phi) is 5.86. The minimum atomic E-state index is -3.53. The number of rotatable bonds is 5. The van der Waals surface area contributed by atoms with Gasteiger partial charge in [0.2, 0.25) is 21.8 Å². The van der Waals surface area contributed by atoms with Gasteiger partial charge in [0.15, 0.2) is 0 Å². The van der Waals surface area contributed by atoms with Crippen LogP contribution in [0.25, 0.3) is 6.08 Å². The number of nitrogens with one attached hydrogen (secondary N) is 1. The standard InChI is InChI=1S/C21H23N3O4S/c1-15(25)24-13-12-16-6-4-5-7-19(16)20(24)14-21(26)22-17-8-10-18(11-9-17)29(27,28)23(2)3/h4-13,20H,14H2,1-3H3,(H,22,26)/t20-/m0/s1. The highest BCUT2D eigenvalue weighted by Crippen LogP contribution is 2.33. The lowest BCUT2D eigenvalue weighted by Gasteiger charge is -2.32. The van der Waals surface area contributed by atoms with E-state index in [1.54, 1.807) is 23.2 Å². The number of fused-ring (bicyclic) bond motifs is 1. The Labute approximate surface area is 170 Å². The van der Waals surface area contributed by atoms with E-state index < -0.39 is 16.1 Å². The number of amides is 2. The molecule has 0 fully saturated rings. The van der Waals surface area contributed by atoms with Crippen LogP contribution in [0.15, 0.2) is 59.6 Å². The molecular formula is C21H23N3O4S. The van der Waals surface area contributed by atoms with Gasteiger partial charge in [-0.3, -0.25) is 9.59 Å². The van der Waals surface area contributed by atoms with E-state index in [0.29, 0.717) is 5.69 Å². The topological polar surface area (TPSA) is 86.8 Å². The van der Waals surface area contributed by atoms with Gasteiger partial charge in [-0.05, 0) is 41.5 Å². The van der Waals surface area contributed by atoms with Crippen LogP contribution in [-0.2, 0) is 19.6 Å². The third-order valence-electron chi connectivity index (χ3n) is 4.76. The van der Waals surface area contributed by atoms with Crippen LogP contribution in [0, 0.1) is 0 Å². The van der Waals surface area contributed by atoms with Gasteiger partial charge in [0.05, 0.1) is 17.4 Å². The van der Waals surface area contributed by atoms with Crippen molar-refractivity contribution < 1.29 is 18.0 Å². The highest BCUT2D eigenvalue weighted by molar-refractivity contribution is 7.89. The smallest absolute Gasteiger partial charge is 0.242 e. The molecule has 3 rings (SSSR count). The van der Waals surface area contributed by atoms with E-state index in [1.165, 1.54) is 33.2 Å². The van der Waals surface area contributed by atoms with Crippen LogP contribution in [0.4, 0.5) is 5.69 Å². The summed E-state index contributed by atoms with van der Waals surface area (Å²) in [6.07, 6.45) is 3.64. The number of hydrogen-bond donors (Lipinski definition) is 1. The van der Waals surface area contributed by atoms with Crippen molar-refractivity contribution in [3.05, 3.63) is 65.9 Å². The summed E-state index contributed by atoms with van der Waals surface area (Å²) >= 11 is 0. The second kappa shape index (κ2) is 8.18. The molecular weight excluding hydrogens is 390 g/mol. The van der Waals surface area contributed by atoms with Crippen LogP contribution in [0.2, 0.25) is 0 Å². The van der Waals surface area contributed by atoms with Crippen LogP contribution >= 0.6 is 0 Å². The summed E-state index contributed by atoms with van der Waals surface area (Å²) in [7, 11) is -0.605. The molecule has 0 bridgehead atoms. The number of benzene rings is 2. The van der Waals surface area contributed by atoms with Gasteiger partial charge in [-0.2, -0.15) is 0 Å². The van der Waals surface area contributed by atoms with Crippen LogP contribution < -0.4 is 5.32 Å². The fourth-order valence-corrected chi connectivity index (χ4v) is 4.12. The molecule has 29 heavy (non-hydrogen) atoms. The van der Waals surface area contributed by atoms with Crippen LogP contribution in [-0.4, -0.2) is 43.5 Å². The maximum atomic E-state index is 12.6. The number of hydrogen-bond acceptors (Lipinski definition) is 4. The normalized spacial score (nSPS) is 15.9. The molecule has 1 heterocycles. The van der Waals surface area contributed by atoms with Crippen molar-refractivity contribution in [2.75, 3.05) is 19.4 Å². The van der Waals surface area contributed by atoms with Crippen LogP contribution in [0.3, 0.4) is 0 Å².